The number of nitrogens with zero attached hydrogens (tertiary/aromatic N) is 3. The largest absolute Gasteiger partial charge is 0.395 e. The zero-order chi connectivity index (χ0) is 9.84. The van der Waals surface area contributed by atoms with Crippen molar-refractivity contribution in [1.29, 1.82) is 0 Å². The minimum Gasteiger partial charge on any atom is -0.395 e. The van der Waals surface area contributed by atoms with Crippen LogP contribution in [-0.2, 0) is 7.05 Å². The van der Waals surface area contributed by atoms with E-state index in [9.17, 15) is 0 Å². The highest BCUT2D eigenvalue weighted by Crippen LogP contribution is 2.12. The molecule has 0 radical (unpaired) electrons. The van der Waals surface area contributed by atoms with E-state index in [1.165, 1.54) is 0 Å². The molecule has 0 bridgehead atoms. The maximum atomic E-state index is 8.90. The van der Waals surface area contributed by atoms with E-state index in [1.807, 2.05) is 17.8 Å². The molecule has 0 unspecified atom stereocenters. The number of aromatic nitrogens is 2. The molecule has 0 atom stereocenters. The van der Waals surface area contributed by atoms with Gasteiger partial charge in [0.15, 0.2) is 0 Å². The maximum Gasteiger partial charge on any atom is 0.205 e. The van der Waals surface area contributed by atoms with E-state index in [4.69, 9.17) is 5.11 Å². The molecular weight excluding hydrogens is 166 g/mol. The van der Waals surface area contributed by atoms with E-state index in [2.05, 4.69) is 23.7 Å². The van der Waals surface area contributed by atoms with E-state index < -0.39 is 0 Å². The van der Waals surface area contributed by atoms with Crippen molar-refractivity contribution in [3.63, 3.8) is 0 Å². The Morgan fingerprint density at radius 2 is 2.31 bits per heavy atom. The Balaban J connectivity index is 2.82. The van der Waals surface area contributed by atoms with Gasteiger partial charge in [-0.15, -0.1) is 0 Å². The fourth-order valence-corrected chi connectivity index (χ4v) is 1.33. The third-order valence-corrected chi connectivity index (χ3v) is 2.02. The fourth-order valence-electron chi connectivity index (χ4n) is 1.33. The molecule has 4 heteroatoms. The van der Waals surface area contributed by atoms with Crippen molar-refractivity contribution in [3.8, 4) is 0 Å². The van der Waals surface area contributed by atoms with Gasteiger partial charge in [-0.1, -0.05) is 0 Å². The molecule has 0 aromatic carbocycles. The molecule has 0 fully saturated rings. The maximum absolute atomic E-state index is 8.90. The molecule has 13 heavy (non-hydrogen) atoms. The first kappa shape index (κ1) is 10.1. The standard InChI is InChI=1S/C9H17N3O/c1-8(2)12(6-7-13)9-10-4-5-11(9)3/h4-5,8,13H,6-7H2,1-3H3. The SMILES string of the molecule is CC(C)N(CCO)c1nccn1C. The normalized spacial score (nSPS) is 10.8. The van der Waals surface area contributed by atoms with Crippen molar-refractivity contribution in [2.45, 2.75) is 19.9 Å². The Labute approximate surface area is 78.8 Å². The molecule has 0 saturated heterocycles. The van der Waals surface area contributed by atoms with Gasteiger partial charge in [0.2, 0.25) is 5.95 Å². The lowest BCUT2D eigenvalue weighted by molar-refractivity contribution is 0.298. The van der Waals surface area contributed by atoms with Gasteiger partial charge in [0.25, 0.3) is 0 Å². The summed E-state index contributed by atoms with van der Waals surface area (Å²) < 4.78 is 1.95. The van der Waals surface area contributed by atoms with E-state index in [1.54, 1.807) is 6.20 Å². The van der Waals surface area contributed by atoms with Crippen molar-refractivity contribution >= 4 is 5.95 Å². The van der Waals surface area contributed by atoms with Gasteiger partial charge in [0, 0.05) is 32.0 Å². The summed E-state index contributed by atoms with van der Waals surface area (Å²) >= 11 is 0. The third kappa shape index (κ3) is 2.21. The van der Waals surface area contributed by atoms with Crippen LogP contribution < -0.4 is 4.90 Å². The molecule has 0 aliphatic carbocycles. The molecule has 1 aromatic heterocycles. The summed E-state index contributed by atoms with van der Waals surface area (Å²) in [5.41, 5.74) is 0. The molecule has 74 valence electrons. The van der Waals surface area contributed by atoms with Crippen molar-refractivity contribution in [2.24, 2.45) is 7.05 Å². The van der Waals surface area contributed by atoms with Crippen molar-refractivity contribution in [2.75, 3.05) is 18.1 Å². The van der Waals surface area contributed by atoms with Gasteiger partial charge in [0.1, 0.15) is 0 Å². The predicted molar refractivity (Wildman–Crippen MR) is 52.8 cm³/mol. The van der Waals surface area contributed by atoms with E-state index in [0.29, 0.717) is 12.6 Å². The molecule has 4 nitrogen and oxygen atoms in total. The average Bonchev–Trinajstić information content (AvgIpc) is 2.47. The van der Waals surface area contributed by atoms with Crippen LogP contribution in [0.4, 0.5) is 5.95 Å². The molecule has 1 aromatic rings. The second-order valence-corrected chi connectivity index (χ2v) is 3.35. The van der Waals surface area contributed by atoms with Crippen LogP contribution in [0.3, 0.4) is 0 Å². The topological polar surface area (TPSA) is 41.3 Å². The molecule has 0 aliphatic rings. The zero-order valence-corrected chi connectivity index (χ0v) is 8.44. The molecule has 1 rings (SSSR count). The fraction of sp³-hybridized carbons (Fsp3) is 0.667. The van der Waals surface area contributed by atoms with Crippen LogP contribution in [0.15, 0.2) is 12.4 Å². The van der Waals surface area contributed by atoms with E-state index >= 15 is 0 Å². The third-order valence-electron chi connectivity index (χ3n) is 2.02. The molecule has 1 heterocycles. The number of hydrogen-bond donors (Lipinski definition) is 1. The average molecular weight is 183 g/mol. The Morgan fingerprint density at radius 1 is 1.62 bits per heavy atom. The second-order valence-electron chi connectivity index (χ2n) is 3.35. The molecule has 1 N–H and O–H groups in total. The van der Waals surface area contributed by atoms with E-state index in [0.717, 1.165) is 5.95 Å². The first-order chi connectivity index (χ1) is 6.16. The zero-order valence-electron chi connectivity index (χ0n) is 8.44. The Morgan fingerprint density at radius 3 is 2.69 bits per heavy atom. The van der Waals surface area contributed by atoms with Crippen LogP contribution in [0.2, 0.25) is 0 Å². The van der Waals surface area contributed by atoms with Gasteiger partial charge in [0.05, 0.1) is 6.61 Å². The molecule has 0 amide bonds. The van der Waals surface area contributed by atoms with Crippen LogP contribution in [0.25, 0.3) is 0 Å². The van der Waals surface area contributed by atoms with Gasteiger partial charge in [-0.25, -0.2) is 4.98 Å². The highest BCUT2D eigenvalue weighted by atomic mass is 16.3. The van der Waals surface area contributed by atoms with Gasteiger partial charge < -0.3 is 14.6 Å². The van der Waals surface area contributed by atoms with Crippen LogP contribution >= 0.6 is 0 Å². The number of imidazole rings is 1. The summed E-state index contributed by atoms with van der Waals surface area (Å²) in [6.07, 6.45) is 3.67. The van der Waals surface area contributed by atoms with E-state index in [-0.39, 0.29) is 6.61 Å². The van der Waals surface area contributed by atoms with Crippen molar-refractivity contribution in [3.05, 3.63) is 12.4 Å². The predicted octanol–water partition coefficient (Wildman–Crippen LogP) is 0.627. The summed E-state index contributed by atoms with van der Waals surface area (Å²) in [6, 6.07) is 0.355. The number of aliphatic hydroxyl groups excluding tert-OH is 1. The van der Waals surface area contributed by atoms with Gasteiger partial charge >= 0.3 is 0 Å². The first-order valence-electron chi connectivity index (χ1n) is 4.51. The highest BCUT2D eigenvalue weighted by Gasteiger charge is 2.13. The summed E-state index contributed by atoms with van der Waals surface area (Å²) in [6.45, 7) is 4.96. The monoisotopic (exact) mass is 183 g/mol. The second kappa shape index (κ2) is 4.28. The quantitative estimate of drug-likeness (QED) is 0.744. The van der Waals surface area contributed by atoms with Crippen LogP contribution in [0.5, 0.6) is 0 Å². The number of aryl methyl sites for hydroxylation is 1. The summed E-state index contributed by atoms with van der Waals surface area (Å²) in [5.74, 6) is 0.907. The number of hydrogen-bond acceptors (Lipinski definition) is 3. The van der Waals surface area contributed by atoms with Crippen LogP contribution in [0, 0.1) is 0 Å². The summed E-state index contributed by atoms with van der Waals surface area (Å²) in [7, 11) is 1.95. The van der Waals surface area contributed by atoms with Crippen molar-refractivity contribution < 1.29 is 5.11 Å². The molecule has 0 spiro atoms. The Bertz CT molecular complexity index is 257. The summed E-state index contributed by atoms with van der Waals surface area (Å²) in [4.78, 5) is 6.30. The van der Waals surface area contributed by atoms with Gasteiger partial charge in [-0.05, 0) is 13.8 Å². The number of rotatable bonds is 4. The van der Waals surface area contributed by atoms with Gasteiger partial charge in [-0.3, -0.25) is 0 Å². The number of aliphatic hydroxyl groups is 1. The lowest BCUT2D eigenvalue weighted by Gasteiger charge is -2.26. The Hall–Kier alpha value is -1.03. The molecule has 0 saturated carbocycles. The lowest BCUT2D eigenvalue weighted by Crippen LogP contribution is -2.35. The van der Waals surface area contributed by atoms with Crippen LogP contribution in [0.1, 0.15) is 13.8 Å². The first-order valence-corrected chi connectivity index (χ1v) is 4.51. The van der Waals surface area contributed by atoms with Gasteiger partial charge in [-0.2, -0.15) is 0 Å². The van der Waals surface area contributed by atoms with Crippen molar-refractivity contribution in [1.82, 2.24) is 9.55 Å². The molecule has 0 aliphatic heterocycles. The smallest absolute Gasteiger partial charge is 0.205 e. The highest BCUT2D eigenvalue weighted by molar-refractivity contribution is 5.31. The lowest BCUT2D eigenvalue weighted by atomic mass is 10.3. The summed E-state index contributed by atoms with van der Waals surface area (Å²) in [5, 5.41) is 8.90. The Kier molecular flexibility index (Phi) is 3.31. The minimum absolute atomic E-state index is 0.158. The van der Waals surface area contributed by atoms with Crippen LogP contribution in [-0.4, -0.2) is 33.9 Å². The number of anilines is 1. The molecular formula is C9H17N3O. The minimum atomic E-state index is 0.158.